The van der Waals surface area contributed by atoms with E-state index >= 15 is 0 Å². The predicted molar refractivity (Wildman–Crippen MR) is 101 cm³/mol. The molecule has 4 fully saturated rings. The molecule has 2 N–H and O–H groups in total. The van der Waals surface area contributed by atoms with Crippen molar-refractivity contribution >= 4 is 17.7 Å². The summed E-state index contributed by atoms with van der Waals surface area (Å²) >= 11 is 0. The molecule has 7 heteroatoms. The van der Waals surface area contributed by atoms with Gasteiger partial charge in [0.1, 0.15) is 0 Å². The molecule has 1 spiro atoms. The molecular weight excluding hydrogens is 356 g/mol. The van der Waals surface area contributed by atoms with Gasteiger partial charge in [-0.1, -0.05) is 0 Å². The predicted octanol–water partition coefficient (Wildman–Crippen LogP) is 1.21. The summed E-state index contributed by atoms with van der Waals surface area (Å²) in [7, 11) is 0. The van der Waals surface area contributed by atoms with E-state index in [-0.39, 0.29) is 35.1 Å². The fourth-order valence-electron chi connectivity index (χ4n) is 4.93. The maximum Gasteiger partial charge on any atom is 0.251 e. The maximum absolute atomic E-state index is 12.5. The highest BCUT2D eigenvalue weighted by molar-refractivity contribution is 5.94. The molecule has 4 aliphatic rings. The van der Waals surface area contributed by atoms with Crippen LogP contribution in [0.2, 0.25) is 0 Å². The van der Waals surface area contributed by atoms with Gasteiger partial charge in [0, 0.05) is 66.8 Å². The highest BCUT2D eigenvalue weighted by Gasteiger charge is 2.54. The molecule has 0 bridgehead atoms. The molecule has 1 atom stereocenters. The second-order valence-corrected chi connectivity index (χ2v) is 9.05. The average Bonchev–Trinajstić information content (AvgIpc) is 3.40. The first-order valence-corrected chi connectivity index (χ1v) is 10.3. The number of carbonyl (C=O) groups is 3. The van der Waals surface area contributed by atoms with Gasteiger partial charge in [0.25, 0.3) is 5.91 Å². The SMILES string of the molecule is O=C(NC1CC2(C1)CN(C(=O)CC1CCNC1=O)C2)c1ccnc(C2CC2)c1. The van der Waals surface area contributed by atoms with E-state index in [0.29, 0.717) is 24.4 Å². The smallest absolute Gasteiger partial charge is 0.251 e. The van der Waals surface area contributed by atoms with Crippen LogP contribution in [0.3, 0.4) is 0 Å². The largest absolute Gasteiger partial charge is 0.356 e. The van der Waals surface area contributed by atoms with E-state index in [1.807, 2.05) is 11.0 Å². The van der Waals surface area contributed by atoms with Crippen molar-refractivity contribution in [3.05, 3.63) is 29.6 Å². The van der Waals surface area contributed by atoms with Crippen LogP contribution >= 0.6 is 0 Å². The Kier molecular flexibility index (Phi) is 4.14. The lowest BCUT2D eigenvalue weighted by Gasteiger charge is -2.59. The molecule has 2 aliphatic heterocycles. The van der Waals surface area contributed by atoms with Crippen molar-refractivity contribution in [3.8, 4) is 0 Å². The second kappa shape index (κ2) is 6.57. The minimum atomic E-state index is -0.154. The van der Waals surface area contributed by atoms with Gasteiger partial charge >= 0.3 is 0 Å². The molecule has 1 unspecified atom stereocenters. The van der Waals surface area contributed by atoms with Crippen molar-refractivity contribution in [1.82, 2.24) is 20.5 Å². The molecule has 2 saturated heterocycles. The van der Waals surface area contributed by atoms with Crippen molar-refractivity contribution in [2.75, 3.05) is 19.6 Å². The fraction of sp³-hybridized carbons (Fsp3) is 0.619. The highest BCUT2D eigenvalue weighted by atomic mass is 16.2. The molecule has 1 aromatic heterocycles. The molecule has 148 valence electrons. The zero-order valence-electron chi connectivity index (χ0n) is 15.9. The zero-order chi connectivity index (χ0) is 19.3. The van der Waals surface area contributed by atoms with Crippen LogP contribution in [0, 0.1) is 11.3 Å². The molecule has 2 aliphatic carbocycles. The van der Waals surface area contributed by atoms with Gasteiger partial charge in [-0.25, -0.2) is 0 Å². The van der Waals surface area contributed by atoms with Gasteiger partial charge in [0.15, 0.2) is 0 Å². The number of nitrogens with zero attached hydrogens (tertiary/aromatic N) is 2. The Morgan fingerprint density at radius 2 is 2.04 bits per heavy atom. The van der Waals surface area contributed by atoms with Crippen LogP contribution < -0.4 is 10.6 Å². The van der Waals surface area contributed by atoms with Gasteiger partial charge in [-0.15, -0.1) is 0 Å². The van der Waals surface area contributed by atoms with Gasteiger partial charge < -0.3 is 15.5 Å². The van der Waals surface area contributed by atoms with Gasteiger partial charge in [0.05, 0.1) is 0 Å². The topological polar surface area (TPSA) is 91.4 Å². The average molecular weight is 382 g/mol. The summed E-state index contributed by atoms with van der Waals surface area (Å²) in [5.74, 6) is 0.455. The van der Waals surface area contributed by atoms with Crippen molar-refractivity contribution in [3.63, 3.8) is 0 Å². The summed E-state index contributed by atoms with van der Waals surface area (Å²) in [6.07, 6.45) is 7.00. The summed E-state index contributed by atoms with van der Waals surface area (Å²) in [5, 5.41) is 5.91. The molecule has 1 aromatic rings. The number of hydrogen-bond acceptors (Lipinski definition) is 4. The number of carbonyl (C=O) groups excluding carboxylic acids is 3. The van der Waals surface area contributed by atoms with Crippen LogP contribution in [0.5, 0.6) is 0 Å². The number of amides is 3. The lowest BCUT2D eigenvalue weighted by Crippen LogP contribution is -2.67. The highest BCUT2D eigenvalue weighted by Crippen LogP contribution is 2.48. The number of pyridine rings is 1. The molecule has 0 aromatic carbocycles. The third kappa shape index (κ3) is 3.27. The van der Waals surface area contributed by atoms with E-state index in [2.05, 4.69) is 15.6 Å². The van der Waals surface area contributed by atoms with E-state index in [9.17, 15) is 14.4 Å². The third-order valence-corrected chi connectivity index (χ3v) is 6.72. The summed E-state index contributed by atoms with van der Waals surface area (Å²) in [6, 6.07) is 3.88. The van der Waals surface area contributed by atoms with E-state index < -0.39 is 0 Å². The van der Waals surface area contributed by atoms with Crippen molar-refractivity contribution in [1.29, 1.82) is 0 Å². The van der Waals surface area contributed by atoms with E-state index in [0.717, 1.165) is 38.0 Å². The molecule has 3 amide bonds. The fourth-order valence-corrected chi connectivity index (χ4v) is 4.93. The van der Waals surface area contributed by atoms with Crippen LogP contribution in [-0.2, 0) is 9.59 Å². The van der Waals surface area contributed by atoms with Gasteiger partial charge in [-0.2, -0.15) is 0 Å². The molecule has 0 radical (unpaired) electrons. The summed E-state index contributed by atoms with van der Waals surface area (Å²) < 4.78 is 0. The van der Waals surface area contributed by atoms with E-state index in [1.165, 1.54) is 12.8 Å². The number of hydrogen-bond donors (Lipinski definition) is 2. The Hall–Kier alpha value is -2.44. The first-order valence-electron chi connectivity index (χ1n) is 10.3. The Bertz CT molecular complexity index is 821. The monoisotopic (exact) mass is 382 g/mol. The van der Waals surface area contributed by atoms with Crippen LogP contribution in [0.4, 0.5) is 0 Å². The second-order valence-electron chi connectivity index (χ2n) is 9.05. The number of aromatic nitrogens is 1. The summed E-state index contributed by atoms with van der Waals surface area (Å²) in [6.45, 7) is 2.20. The summed E-state index contributed by atoms with van der Waals surface area (Å²) in [5.41, 5.74) is 1.89. The molecule has 7 nitrogen and oxygen atoms in total. The van der Waals surface area contributed by atoms with E-state index in [4.69, 9.17) is 0 Å². The maximum atomic E-state index is 12.5. The molecule has 28 heavy (non-hydrogen) atoms. The van der Waals surface area contributed by atoms with Gasteiger partial charge in [0.2, 0.25) is 11.8 Å². The van der Waals surface area contributed by atoms with Crippen molar-refractivity contribution in [2.24, 2.45) is 11.3 Å². The van der Waals surface area contributed by atoms with Crippen molar-refractivity contribution < 1.29 is 14.4 Å². The van der Waals surface area contributed by atoms with Gasteiger partial charge in [-0.05, 0) is 44.2 Å². The summed E-state index contributed by atoms with van der Waals surface area (Å²) in [4.78, 5) is 42.7. The minimum Gasteiger partial charge on any atom is -0.356 e. The minimum absolute atomic E-state index is 0.0102. The third-order valence-electron chi connectivity index (χ3n) is 6.72. The first-order chi connectivity index (χ1) is 13.5. The number of rotatable bonds is 5. The first kappa shape index (κ1) is 17.6. The molecule has 3 heterocycles. The van der Waals surface area contributed by atoms with Crippen molar-refractivity contribution in [2.45, 2.75) is 50.5 Å². The number of likely N-dealkylation sites (tertiary alicyclic amines) is 1. The molecule has 5 rings (SSSR count). The standard InChI is InChI=1S/C21H26N4O3/c26-18(8-15-4-6-23-19(15)27)25-11-21(12-25)9-16(10-21)24-20(28)14-3-5-22-17(7-14)13-1-2-13/h3,5,7,13,15-16H,1-2,4,6,8-12H2,(H,23,27)(H,24,28). The van der Waals surface area contributed by atoms with E-state index in [1.54, 1.807) is 12.3 Å². The van der Waals surface area contributed by atoms with Crippen LogP contribution in [0.1, 0.15) is 60.5 Å². The molecular formula is C21H26N4O3. The quantitative estimate of drug-likeness (QED) is 0.801. The lowest BCUT2D eigenvalue weighted by molar-refractivity contribution is -0.153. The Morgan fingerprint density at radius 3 is 2.71 bits per heavy atom. The Labute approximate surface area is 164 Å². The van der Waals surface area contributed by atoms with Gasteiger partial charge in [-0.3, -0.25) is 19.4 Å². The normalized spacial score (nSPS) is 25.8. The number of nitrogens with one attached hydrogen (secondary N) is 2. The zero-order valence-corrected chi connectivity index (χ0v) is 15.9. The Balaban J connectivity index is 1.08. The lowest BCUT2D eigenvalue weighted by atomic mass is 9.60. The molecule has 2 saturated carbocycles. The van der Waals surface area contributed by atoms with Crippen LogP contribution in [0.25, 0.3) is 0 Å². The Morgan fingerprint density at radius 1 is 1.25 bits per heavy atom. The van der Waals surface area contributed by atoms with Crippen LogP contribution in [0.15, 0.2) is 18.3 Å². The van der Waals surface area contributed by atoms with Crippen LogP contribution in [-0.4, -0.2) is 53.3 Å².